The Morgan fingerprint density at radius 1 is 1.04 bits per heavy atom. The Balaban J connectivity index is 1.44. The van der Waals surface area contributed by atoms with Gasteiger partial charge in [0.2, 0.25) is 11.7 Å². The highest BCUT2D eigenvalue weighted by atomic mass is 16.5. The number of aromatic amines is 1. The van der Waals surface area contributed by atoms with Crippen molar-refractivity contribution in [1.82, 2.24) is 29.7 Å². The van der Waals surface area contributed by atoms with Crippen molar-refractivity contribution in [3.8, 4) is 22.8 Å². The lowest BCUT2D eigenvalue weighted by Gasteiger charge is -2.01. The fourth-order valence-corrected chi connectivity index (χ4v) is 3.28. The molecule has 0 saturated carbocycles. The molecule has 0 aliphatic heterocycles. The summed E-state index contributed by atoms with van der Waals surface area (Å²) in [5, 5.41) is 4.15. The number of benzene rings is 2. The standard InChI is InChI=1S/C21H18N6O/c1-2-18-22-10-11-27(18)13-19-25-21(26-28-19)15-7-5-6-14(12-15)20-23-16-8-3-4-9-17(16)24-20/h3-12H,2,13H2,1H3,(H,23,24). The van der Waals surface area contributed by atoms with E-state index < -0.39 is 0 Å². The molecule has 138 valence electrons. The van der Waals surface area contributed by atoms with Crippen LogP contribution in [0.2, 0.25) is 0 Å². The predicted molar refractivity (Wildman–Crippen MR) is 106 cm³/mol. The van der Waals surface area contributed by atoms with Crippen LogP contribution in [-0.4, -0.2) is 29.7 Å². The van der Waals surface area contributed by atoms with Crippen molar-refractivity contribution in [3.05, 3.63) is 72.6 Å². The van der Waals surface area contributed by atoms with Crippen LogP contribution in [0.3, 0.4) is 0 Å². The zero-order valence-electron chi connectivity index (χ0n) is 15.3. The first kappa shape index (κ1) is 16.4. The summed E-state index contributed by atoms with van der Waals surface area (Å²) in [4.78, 5) is 16.9. The maximum Gasteiger partial charge on any atom is 0.246 e. The minimum atomic E-state index is 0.513. The van der Waals surface area contributed by atoms with Crippen molar-refractivity contribution < 1.29 is 4.52 Å². The van der Waals surface area contributed by atoms with Crippen LogP contribution in [0, 0.1) is 0 Å². The molecule has 0 atom stereocenters. The number of hydrogen-bond donors (Lipinski definition) is 1. The molecule has 0 amide bonds. The molecule has 3 heterocycles. The molecule has 7 nitrogen and oxygen atoms in total. The molecule has 1 N–H and O–H groups in total. The van der Waals surface area contributed by atoms with Gasteiger partial charge in [0.1, 0.15) is 18.2 Å². The number of nitrogens with one attached hydrogen (secondary N) is 1. The largest absolute Gasteiger partial charge is 0.338 e. The number of hydrogen-bond acceptors (Lipinski definition) is 5. The summed E-state index contributed by atoms with van der Waals surface area (Å²) < 4.78 is 7.47. The van der Waals surface area contributed by atoms with Crippen LogP contribution < -0.4 is 0 Å². The third kappa shape index (κ3) is 2.96. The molecule has 5 rings (SSSR count). The topological polar surface area (TPSA) is 85.4 Å². The summed E-state index contributed by atoms with van der Waals surface area (Å²) in [5.41, 5.74) is 3.81. The lowest BCUT2D eigenvalue weighted by Crippen LogP contribution is -2.03. The third-order valence-electron chi connectivity index (χ3n) is 4.68. The maximum atomic E-state index is 5.45. The molecular formula is C21H18N6O. The Bertz CT molecular complexity index is 1220. The first-order chi connectivity index (χ1) is 13.8. The molecule has 0 bridgehead atoms. The summed E-state index contributed by atoms with van der Waals surface area (Å²) in [6.07, 6.45) is 4.56. The normalized spacial score (nSPS) is 11.3. The first-order valence-electron chi connectivity index (χ1n) is 9.18. The average Bonchev–Trinajstić information content (AvgIpc) is 3.47. The zero-order valence-corrected chi connectivity index (χ0v) is 15.3. The molecular weight excluding hydrogens is 352 g/mol. The van der Waals surface area contributed by atoms with Crippen molar-refractivity contribution in [2.24, 2.45) is 0 Å². The highest BCUT2D eigenvalue weighted by molar-refractivity contribution is 5.80. The number of aryl methyl sites for hydroxylation is 1. The quantitative estimate of drug-likeness (QED) is 0.504. The number of H-pyrrole nitrogens is 1. The lowest BCUT2D eigenvalue weighted by molar-refractivity contribution is 0.370. The van der Waals surface area contributed by atoms with Gasteiger partial charge in [0.05, 0.1) is 11.0 Å². The van der Waals surface area contributed by atoms with E-state index >= 15 is 0 Å². The maximum absolute atomic E-state index is 5.45. The Labute approximate surface area is 161 Å². The van der Waals surface area contributed by atoms with Crippen LogP contribution >= 0.6 is 0 Å². The van der Waals surface area contributed by atoms with E-state index in [-0.39, 0.29) is 0 Å². The Morgan fingerprint density at radius 2 is 1.93 bits per heavy atom. The smallest absolute Gasteiger partial charge is 0.246 e. The summed E-state index contributed by atoms with van der Waals surface area (Å²) >= 11 is 0. The molecule has 0 fully saturated rings. The highest BCUT2D eigenvalue weighted by Crippen LogP contribution is 2.25. The minimum absolute atomic E-state index is 0.513. The van der Waals surface area contributed by atoms with Crippen molar-refractivity contribution in [1.29, 1.82) is 0 Å². The van der Waals surface area contributed by atoms with Gasteiger partial charge in [-0.1, -0.05) is 42.4 Å². The van der Waals surface area contributed by atoms with Gasteiger partial charge < -0.3 is 14.1 Å². The number of imidazole rings is 2. The van der Waals surface area contributed by atoms with Gasteiger partial charge in [0.25, 0.3) is 0 Å². The summed E-state index contributed by atoms with van der Waals surface area (Å²) in [6, 6.07) is 15.9. The van der Waals surface area contributed by atoms with Crippen LogP contribution in [0.25, 0.3) is 33.8 Å². The van der Waals surface area contributed by atoms with E-state index in [1.54, 1.807) is 6.20 Å². The number of fused-ring (bicyclic) bond motifs is 1. The first-order valence-corrected chi connectivity index (χ1v) is 9.18. The van der Waals surface area contributed by atoms with Crippen LogP contribution in [-0.2, 0) is 13.0 Å². The molecule has 0 spiro atoms. The van der Waals surface area contributed by atoms with Crippen LogP contribution in [0.1, 0.15) is 18.6 Å². The zero-order chi connectivity index (χ0) is 18.9. The predicted octanol–water partition coefficient (Wildman–Crippen LogP) is 4.09. The molecule has 0 aliphatic rings. The van der Waals surface area contributed by atoms with Gasteiger partial charge >= 0.3 is 0 Å². The molecule has 0 radical (unpaired) electrons. The van der Waals surface area contributed by atoms with E-state index in [0.717, 1.165) is 40.2 Å². The molecule has 2 aromatic carbocycles. The van der Waals surface area contributed by atoms with E-state index in [9.17, 15) is 0 Å². The van der Waals surface area contributed by atoms with Crippen molar-refractivity contribution in [2.75, 3.05) is 0 Å². The van der Waals surface area contributed by atoms with E-state index in [0.29, 0.717) is 18.3 Å². The van der Waals surface area contributed by atoms with Gasteiger partial charge in [-0.2, -0.15) is 4.98 Å². The van der Waals surface area contributed by atoms with E-state index in [1.165, 1.54) is 0 Å². The van der Waals surface area contributed by atoms with Crippen LogP contribution in [0.15, 0.2) is 65.4 Å². The van der Waals surface area contributed by atoms with Gasteiger partial charge in [0, 0.05) is 29.9 Å². The molecule has 0 saturated heterocycles. The summed E-state index contributed by atoms with van der Waals surface area (Å²) in [6.45, 7) is 2.58. The number of aromatic nitrogens is 6. The van der Waals surface area contributed by atoms with E-state index in [2.05, 4.69) is 32.0 Å². The van der Waals surface area contributed by atoms with Crippen LogP contribution in [0.4, 0.5) is 0 Å². The fraction of sp³-hybridized carbons (Fsp3) is 0.143. The Hall–Kier alpha value is -3.74. The van der Waals surface area contributed by atoms with Gasteiger partial charge in [-0.05, 0) is 18.2 Å². The van der Waals surface area contributed by atoms with E-state index in [1.807, 2.05) is 59.3 Å². The molecule has 0 unspecified atom stereocenters. The number of rotatable bonds is 5. The fourth-order valence-electron chi connectivity index (χ4n) is 3.28. The molecule has 28 heavy (non-hydrogen) atoms. The number of nitrogens with zero attached hydrogens (tertiary/aromatic N) is 5. The SMILES string of the molecule is CCc1nccn1Cc1nc(-c2cccc(-c3nc4ccccc4[nH]3)c2)no1. The molecule has 0 aliphatic carbocycles. The monoisotopic (exact) mass is 370 g/mol. The molecule has 7 heteroatoms. The second kappa shape index (κ2) is 6.77. The van der Waals surface area contributed by atoms with Crippen molar-refractivity contribution in [2.45, 2.75) is 19.9 Å². The van der Waals surface area contributed by atoms with Crippen molar-refractivity contribution >= 4 is 11.0 Å². The second-order valence-electron chi connectivity index (χ2n) is 6.52. The average molecular weight is 370 g/mol. The van der Waals surface area contributed by atoms with Gasteiger partial charge in [-0.25, -0.2) is 9.97 Å². The van der Waals surface area contributed by atoms with E-state index in [4.69, 9.17) is 4.52 Å². The highest BCUT2D eigenvalue weighted by Gasteiger charge is 2.12. The van der Waals surface area contributed by atoms with Crippen LogP contribution in [0.5, 0.6) is 0 Å². The summed E-state index contributed by atoms with van der Waals surface area (Å²) in [5.74, 6) is 2.92. The minimum Gasteiger partial charge on any atom is -0.338 e. The molecule has 5 aromatic rings. The number of para-hydroxylation sites is 2. The third-order valence-corrected chi connectivity index (χ3v) is 4.68. The Morgan fingerprint density at radius 3 is 2.82 bits per heavy atom. The summed E-state index contributed by atoms with van der Waals surface area (Å²) in [7, 11) is 0. The van der Waals surface area contributed by atoms with Gasteiger partial charge in [-0.3, -0.25) is 0 Å². The lowest BCUT2D eigenvalue weighted by atomic mass is 10.1. The van der Waals surface area contributed by atoms with Gasteiger partial charge in [0.15, 0.2) is 0 Å². The van der Waals surface area contributed by atoms with Gasteiger partial charge in [-0.15, -0.1) is 0 Å². The molecule has 3 aromatic heterocycles. The second-order valence-corrected chi connectivity index (χ2v) is 6.52. The Kier molecular flexibility index (Phi) is 3.97. The van der Waals surface area contributed by atoms with Crippen molar-refractivity contribution in [3.63, 3.8) is 0 Å².